The van der Waals surface area contributed by atoms with Crippen LogP contribution in [0.1, 0.15) is 97.0 Å². The van der Waals surface area contributed by atoms with Gasteiger partial charge in [0.25, 0.3) is 0 Å². The van der Waals surface area contributed by atoms with Gasteiger partial charge in [-0.2, -0.15) is 0 Å². The molecule has 1 aliphatic heterocycles. The van der Waals surface area contributed by atoms with Gasteiger partial charge in [0.1, 0.15) is 0 Å². The average molecular weight is 778 g/mol. The van der Waals surface area contributed by atoms with Gasteiger partial charge in [-0.3, -0.25) is 0 Å². The van der Waals surface area contributed by atoms with Gasteiger partial charge < -0.3 is 4.57 Å². The zero-order chi connectivity index (χ0) is 40.8. The van der Waals surface area contributed by atoms with E-state index in [-0.39, 0.29) is 0 Å². The summed E-state index contributed by atoms with van der Waals surface area (Å²) in [7, 11) is 0. The van der Waals surface area contributed by atoms with Gasteiger partial charge in [-0.25, -0.2) is 0 Å². The molecule has 0 bridgehead atoms. The molecule has 8 rings (SSSR count). The van der Waals surface area contributed by atoms with Gasteiger partial charge in [0.2, 0.25) is 0 Å². The summed E-state index contributed by atoms with van der Waals surface area (Å²) in [5.74, 6) is 0.447. The predicted molar refractivity (Wildman–Crippen MR) is 259 cm³/mol. The van der Waals surface area contributed by atoms with E-state index in [0.29, 0.717) is 11.2 Å². The van der Waals surface area contributed by atoms with Gasteiger partial charge in [-0.05, 0) is 125 Å². The highest BCUT2D eigenvalue weighted by molar-refractivity contribution is 8.00. The number of fused-ring (bicyclic) bond motifs is 4. The van der Waals surface area contributed by atoms with Crippen molar-refractivity contribution in [2.24, 2.45) is 5.92 Å². The number of allylic oxidation sites excluding steroid dienone is 6. The molecule has 2 heteroatoms. The molecule has 1 aliphatic rings. The Balaban J connectivity index is 0.00000252. The Morgan fingerprint density at radius 1 is 0.741 bits per heavy atom. The highest BCUT2D eigenvalue weighted by atomic mass is 32.2. The van der Waals surface area contributed by atoms with Crippen LogP contribution in [0.5, 0.6) is 0 Å². The van der Waals surface area contributed by atoms with Crippen LogP contribution >= 0.6 is 11.8 Å². The number of hydrogen-bond acceptors (Lipinski definition) is 1. The van der Waals surface area contributed by atoms with E-state index >= 15 is 0 Å². The van der Waals surface area contributed by atoms with E-state index in [1.165, 1.54) is 93.3 Å². The topological polar surface area (TPSA) is 4.93 Å². The molecule has 1 nitrogen and oxygen atoms in total. The number of benzene rings is 6. The molecule has 0 saturated carbocycles. The first-order chi connectivity index (χ1) is 28.5. The molecule has 0 aliphatic carbocycles. The van der Waals surface area contributed by atoms with Crippen LogP contribution in [0.25, 0.3) is 66.5 Å². The molecule has 2 unspecified atom stereocenters. The van der Waals surface area contributed by atoms with E-state index < -0.39 is 0 Å². The molecular weight excluding hydrogens is 719 g/mol. The fourth-order valence-corrected chi connectivity index (χ4v) is 10.5. The van der Waals surface area contributed by atoms with Crippen molar-refractivity contribution in [3.8, 4) is 16.8 Å². The molecule has 2 atom stereocenters. The summed E-state index contributed by atoms with van der Waals surface area (Å²) >= 11 is 2.05. The van der Waals surface area contributed by atoms with Crippen LogP contribution in [0.2, 0.25) is 0 Å². The molecule has 0 fully saturated rings. The maximum Gasteiger partial charge on any atom is 0.0537 e. The Bertz CT molecular complexity index is 2640. The van der Waals surface area contributed by atoms with Crippen molar-refractivity contribution in [2.75, 3.05) is 0 Å². The van der Waals surface area contributed by atoms with Crippen molar-refractivity contribution in [2.45, 2.75) is 91.2 Å². The van der Waals surface area contributed by atoms with Gasteiger partial charge in [0.15, 0.2) is 0 Å². The van der Waals surface area contributed by atoms with Crippen LogP contribution < -0.4 is 0 Å². The maximum atomic E-state index is 2.53. The molecule has 7 aromatic rings. The van der Waals surface area contributed by atoms with Gasteiger partial charge in [0.05, 0.1) is 5.52 Å². The fraction of sp³-hybridized carbons (Fsp3) is 0.250. The first-order valence-corrected chi connectivity index (χ1v) is 22.5. The second kappa shape index (κ2) is 18.5. The summed E-state index contributed by atoms with van der Waals surface area (Å²) in [6.07, 6.45) is 15.9. The lowest BCUT2D eigenvalue weighted by molar-refractivity contribution is 0.639. The molecule has 0 N–H and O–H groups in total. The number of thioether (sulfide) groups is 1. The van der Waals surface area contributed by atoms with Crippen LogP contribution in [-0.4, -0.2) is 9.82 Å². The maximum absolute atomic E-state index is 2.53. The van der Waals surface area contributed by atoms with Crippen LogP contribution in [-0.2, 0) is 6.42 Å². The van der Waals surface area contributed by atoms with Crippen molar-refractivity contribution in [3.63, 3.8) is 0 Å². The molecule has 0 radical (unpaired) electrons. The Morgan fingerprint density at radius 3 is 2.03 bits per heavy atom. The first-order valence-electron chi connectivity index (χ1n) is 21.6. The third-order valence-electron chi connectivity index (χ3n) is 11.7. The lowest BCUT2D eigenvalue weighted by Crippen LogP contribution is -2.08. The van der Waals surface area contributed by atoms with Gasteiger partial charge in [0, 0.05) is 32.5 Å². The second-order valence-corrected chi connectivity index (χ2v) is 16.5. The van der Waals surface area contributed by atoms with Gasteiger partial charge >= 0.3 is 0 Å². The Morgan fingerprint density at radius 2 is 1.38 bits per heavy atom. The molecular formula is C56H59NS. The molecule has 1 aromatic heterocycles. The molecule has 294 valence electrons. The molecule has 58 heavy (non-hydrogen) atoms. The van der Waals surface area contributed by atoms with Crippen molar-refractivity contribution in [3.05, 3.63) is 174 Å². The fourth-order valence-electron chi connectivity index (χ4n) is 9.04. The largest absolute Gasteiger partial charge is 0.313 e. The minimum absolute atomic E-state index is 0.447. The first kappa shape index (κ1) is 40.9. The molecule has 2 heterocycles. The minimum Gasteiger partial charge on any atom is -0.313 e. The van der Waals surface area contributed by atoms with E-state index in [2.05, 4.69) is 198 Å². The monoisotopic (exact) mass is 777 g/mol. The number of rotatable bonds is 11. The summed E-state index contributed by atoms with van der Waals surface area (Å²) in [6, 6.07) is 45.2. The summed E-state index contributed by atoms with van der Waals surface area (Å²) in [6.45, 7) is 17.7. The van der Waals surface area contributed by atoms with Crippen molar-refractivity contribution in [1.29, 1.82) is 0 Å². The predicted octanol–water partition coefficient (Wildman–Crippen LogP) is 17.0. The lowest BCUT2D eigenvalue weighted by atomic mass is 9.85. The number of nitrogens with zero attached hydrogens (tertiary/aromatic N) is 1. The summed E-state index contributed by atoms with van der Waals surface area (Å²) < 4.78 is 2.53. The van der Waals surface area contributed by atoms with E-state index in [4.69, 9.17) is 0 Å². The molecule has 0 saturated heterocycles. The second-order valence-electron chi connectivity index (χ2n) is 15.2. The lowest BCUT2D eigenvalue weighted by Gasteiger charge is -2.19. The van der Waals surface area contributed by atoms with Crippen LogP contribution in [0.3, 0.4) is 0 Å². The van der Waals surface area contributed by atoms with Gasteiger partial charge in [-0.15, -0.1) is 11.8 Å². The zero-order valence-corrected chi connectivity index (χ0v) is 36.6. The summed E-state index contributed by atoms with van der Waals surface area (Å²) in [5, 5.41) is 6.95. The molecule has 6 aromatic carbocycles. The van der Waals surface area contributed by atoms with E-state index in [1.54, 1.807) is 0 Å². The average Bonchev–Trinajstić information content (AvgIpc) is 3.77. The van der Waals surface area contributed by atoms with Crippen molar-refractivity contribution in [1.82, 2.24) is 4.57 Å². The van der Waals surface area contributed by atoms with Crippen LogP contribution in [0.4, 0.5) is 0 Å². The highest BCUT2D eigenvalue weighted by Gasteiger charge is 2.29. The Labute approximate surface area is 351 Å². The quantitative estimate of drug-likeness (QED) is 0.0935. The minimum atomic E-state index is 0.447. The third kappa shape index (κ3) is 7.68. The normalized spacial score (nSPS) is 15.7. The summed E-state index contributed by atoms with van der Waals surface area (Å²) in [4.78, 5) is 1.42. The summed E-state index contributed by atoms with van der Waals surface area (Å²) in [5.41, 5.74) is 14.7. The molecule has 0 spiro atoms. The van der Waals surface area contributed by atoms with Gasteiger partial charge in [-0.1, -0.05) is 175 Å². The van der Waals surface area contributed by atoms with E-state index in [1.807, 2.05) is 25.6 Å². The van der Waals surface area contributed by atoms with Crippen LogP contribution in [0, 0.1) is 5.92 Å². The third-order valence-corrected chi connectivity index (χ3v) is 13.0. The standard InChI is InChI=1S/C54H53NS.C2H6/c1-7-20-38(21-8-2)53-44-27-11-13-29-46(44)54(47-30-14-12-28-45(47)53)39-23-19-24-40(35-39)55-49(10-4)48(41-25-15-17-31-50(41)55)33-36(5)37(6)34-52-42(22-9-3)43-26-16-18-32-51(43)56-52;1-2/h7,11-33,35,37,52H,8-10,34H2,1-6H3;1-2H3/b20-7-,36-33+,38-21+,42-22-;. The van der Waals surface area contributed by atoms with E-state index in [0.717, 1.165) is 25.7 Å². The zero-order valence-electron chi connectivity index (χ0n) is 35.8. The molecule has 0 amide bonds. The van der Waals surface area contributed by atoms with Crippen LogP contribution in [0.15, 0.2) is 156 Å². The smallest absolute Gasteiger partial charge is 0.0537 e. The number of hydrogen-bond donors (Lipinski definition) is 0. The van der Waals surface area contributed by atoms with Crippen molar-refractivity contribution >= 4 is 61.4 Å². The number of aromatic nitrogens is 1. The highest BCUT2D eigenvalue weighted by Crippen LogP contribution is 2.48. The van der Waals surface area contributed by atoms with E-state index in [9.17, 15) is 0 Å². The van der Waals surface area contributed by atoms with Crippen molar-refractivity contribution < 1.29 is 0 Å². The Kier molecular flexibility index (Phi) is 13.0. The number of para-hydroxylation sites is 1. The SMILES string of the molecule is C/C=C\C(=C/CC)c1c2ccccc2c(-c2cccc(-n3c(CC)c(/C=C(\C)C(C)CC4Sc5ccccc5/C4=C/CC)c4ccccc43)c2)c2ccccc12.CC. The Hall–Kier alpha value is -5.31.